The quantitative estimate of drug-likeness (QED) is 0.100. The fourth-order valence-corrected chi connectivity index (χ4v) is 3.53. The number of rotatable bonds is 16. The van der Waals surface area contributed by atoms with Gasteiger partial charge in [-0.05, 0) is 60.7 Å². The van der Waals surface area contributed by atoms with Gasteiger partial charge in [-0.25, -0.2) is 0 Å². The minimum absolute atomic E-state index is 0.166. The van der Waals surface area contributed by atoms with Crippen LogP contribution in [0.5, 0.6) is 11.5 Å². The number of carbonyl (C=O) groups is 1. The Bertz CT molecular complexity index is 1360. The highest BCUT2D eigenvalue weighted by Gasteiger charge is 2.08. The van der Waals surface area contributed by atoms with Gasteiger partial charge in [0, 0.05) is 30.0 Å². The van der Waals surface area contributed by atoms with Gasteiger partial charge in [0.25, 0.3) is 5.91 Å². The number of phenols is 1. The number of hydrogen-bond acceptors (Lipinski definition) is 11. The highest BCUT2D eigenvalue weighted by molar-refractivity contribution is 5.94. The van der Waals surface area contributed by atoms with E-state index >= 15 is 0 Å². The number of hydrogen-bond donors (Lipinski definition) is 5. The largest absolute Gasteiger partial charge is 0.508 e. The number of phenolic OH excluding ortho intramolecular Hbond substituents is 1. The first-order chi connectivity index (χ1) is 20.1. The summed E-state index contributed by atoms with van der Waals surface area (Å²) in [6.07, 6.45) is 0. The van der Waals surface area contributed by atoms with Crippen molar-refractivity contribution in [3.05, 3.63) is 84.4 Å². The van der Waals surface area contributed by atoms with Crippen LogP contribution in [-0.4, -0.2) is 72.6 Å². The predicted octanol–water partition coefficient (Wildman–Crippen LogP) is 3.95. The van der Waals surface area contributed by atoms with Crippen LogP contribution in [0.4, 0.5) is 29.2 Å². The minimum atomic E-state index is -0.166. The molecule has 1 heterocycles. The Labute approximate surface area is 238 Å². The molecular formula is C29H33N7O5. The normalized spacial score (nSPS) is 10.6. The van der Waals surface area contributed by atoms with E-state index < -0.39 is 0 Å². The van der Waals surface area contributed by atoms with Gasteiger partial charge in [-0.3, -0.25) is 4.79 Å². The molecule has 0 saturated heterocycles. The highest BCUT2D eigenvalue weighted by Crippen LogP contribution is 2.20. The fourth-order valence-electron chi connectivity index (χ4n) is 3.53. The third-order valence-electron chi connectivity index (χ3n) is 5.57. The second-order valence-electron chi connectivity index (χ2n) is 8.61. The number of anilines is 5. The molecule has 0 aliphatic rings. The molecule has 0 fully saturated rings. The van der Waals surface area contributed by atoms with Crippen molar-refractivity contribution < 1.29 is 24.1 Å². The summed E-state index contributed by atoms with van der Waals surface area (Å²) in [4.78, 5) is 25.5. The number of para-hydroxylation sites is 1. The van der Waals surface area contributed by atoms with E-state index in [0.29, 0.717) is 74.4 Å². The van der Waals surface area contributed by atoms with Gasteiger partial charge in [0.15, 0.2) is 0 Å². The number of methoxy groups -OCH3 is 1. The average molecular weight is 560 g/mol. The third kappa shape index (κ3) is 9.95. The summed E-state index contributed by atoms with van der Waals surface area (Å²) in [5.74, 6) is 1.77. The summed E-state index contributed by atoms with van der Waals surface area (Å²) in [6, 6.07) is 23.1. The fraction of sp³-hybridized carbons (Fsp3) is 0.241. The predicted molar refractivity (Wildman–Crippen MR) is 156 cm³/mol. The van der Waals surface area contributed by atoms with E-state index in [9.17, 15) is 9.90 Å². The Kier molecular flexibility index (Phi) is 11.1. The van der Waals surface area contributed by atoms with E-state index in [1.165, 1.54) is 0 Å². The molecule has 0 bridgehead atoms. The molecule has 214 valence electrons. The Balaban J connectivity index is 1.16. The van der Waals surface area contributed by atoms with Gasteiger partial charge in [-0.2, -0.15) is 15.0 Å². The van der Waals surface area contributed by atoms with Gasteiger partial charge in [0.05, 0.1) is 33.5 Å². The molecular weight excluding hydrogens is 526 g/mol. The van der Waals surface area contributed by atoms with Crippen LogP contribution in [-0.2, 0) is 9.47 Å². The molecule has 5 N–H and O–H groups in total. The molecule has 0 unspecified atom stereocenters. The summed E-state index contributed by atoms with van der Waals surface area (Å²) in [6.45, 7) is 2.45. The number of aromatic hydroxyl groups is 1. The Morgan fingerprint density at radius 1 is 0.707 bits per heavy atom. The lowest BCUT2D eigenvalue weighted by Crippen LogP contribution is -2.27. The smallest absolute Gasteiger partial charge is 0.251 e. The second-order valence-corrected chi connectivity index (χ2v) is 8.61. The first-order valence-electron chi connectivity index (χ1n) is 13.0. The SMILES string of the molecule is COc1ccc(C(=O)NCCOCCOCCNc2nc(Nc3ccccc3)nc(Nc3ccc(O)cc3)n2)cc1. The van der Waals surface area contributed by atoms with Crippen LogP contribution in [0, 0.1) is 0 Å². The lowest BCUT2D eigenvalue weighted by atomic mass is 10.2. The van der Waals surface area contributed by atoms with Gasteiger partial charge in [-0.1, -0.05) is 18.2 Å². The number of benzene rings is 3. The summed E-state index contributed by atoms with van der Waals surface area (Å²) < 4.78 is 16.2. The van der Waals surface area contributed by atoms with Crippen molar-refractivity contribution in [2.45, 2.75) is 0 Å². The third-order valence-corrected chi connectivity index (χ3v) is 5.57. The van der Waals surface area contributed by atoms with Crippen molar-refractivity contribution in [3.63, 3.8) is 0 Å². The zero-order valence-corrected chi connectivity index (χ0v) is 22.7. The maximum absolute atomic E-state index is 12.1. The second kappa shape index (κ2) is 15.6. The molecule has 1 amide bonds. The molecule has 0 aliphatic heterocycles. The molecule has 4 aromatic rings. The Hall–Kier alpha value is -4.94. The van der Waals surface area contributed by atoms with Gasteiger partial charge >= 0.3 is 0 Å². The minimum Gasteiger partial charge on any atom is -0.508 e. The van der Waals surface area contributed by atoms with Crippen molar-refractivity contribution in [1.82, 2.24) is 20.3 Å². The maximum atomic E-state index is 12.1. The number of ether oxygens (including phenoxy) is 3. The average Bonchev–Trinajstić information content (AvgIpc) is 2.99. The topological polar surface area (TPSA) is 152 Å². The summed E-state index contributed by atoms with van der Waals surface area (Å²) in [7, 11) is 1.58. The van der Waals surface area contributed by atoms with Crippen LogP contribution in [0.3, 0.4) is 0 Å². The summed E-state index contributed by atoms with van der Waals surface area (Å²) >= 11 is 0. The summed E-state index contributed by atoms with van der Waals surface area (Å²) in [5.41, 5.74) is 2.11. The zero-order chi connectivity index (χ0) is 28.7. The molecule has 12 heteroatoms. The number of aromatic nitrogens is 3. The zero-order valence-electron chi connectivity index (χ0n) is 22.7. The number of nitrogens with one attached hydrogen (secondary N) is 4. The van der Waals surface area contributed by atoms with Gasteiger partial charge < -0.3 is 40.6 Å². The van der Waals surface area contributed by atoms with Crippen molar-refractivity contribution in [3.8, 4) is 11.5 Å². The highest BCUT2D eigenvalue weighted by atomic mass is 16.5. The van der Waals surface area contributed by atoms with Crippen molar-refractivity contribution in [2.24, 2.45) is 0 Å². The van der Waals surface area contributed by atoms with Crippen molar-refractivity contribution >= 4 is 35.1 Å². The molecule has 0 saturated carbocycles. The van der Waals surface area contributed by atoms with E-state index in [1.807, 2.05) is 30.3 Å². The van der Waals surface area contributed by atoms with E-state index in [0.717, 1.165) is 5.69 Å². The van der Waals surface area contributed by atoms with Gasteiger partial charge in [0.2, 0.25) is 17.8 Å². The van der Waals surface area contributed by atoms with E-state index in [-0.39, 0.29) is 11.7 Å². The summed E-state index contributed by atoms with van der Waals surface area (Å²) in [5, 5.41) is 21.8. The van der Waals surface area contributed by atoms with Crippen LogP contribution in [0.1, 0.15) is 10.4 Å². The Morgan fingerprint density at radius 3 is 1.93 bits per heavy atom. The lowest BCUT2D eigenvalue weighted by Gasteiger charge is -2.12. The molecule has 0 radical (unpaired) electrons. The van der Waals surface area contributed by atoms with Crippen LogP contribution in [0.2, 0.25) is 0 Å². The first-order valence-corrected chi connectivity index (χ1v) is 13.0. The van der Waals surface area contributed by atoms with Crippen LogP contribution in [0.15, 0.2) is 78.9 Å². The van der Waals surface area contributed by atoms with Crippen LogP contribution in [0.25, 0.3) is 0 Å². The van der Waals surface area contributed by atoms with Crippen LogP contribution >= 0.6 is 0 Å². The van der Waals surface area contributed by atoms with E-state index in [1.54, 1.807) is 55.6 Å². The van der Waals surface area contributed by atoms with Gasteiger partial charge in [0.1, 0.15) is 11.5 Å². The monoisotopic (exact) mass is 559 g/mol. The molecule has 41 heavy (non-hydrogen) atoms. The molecule has 1 aromatic heterocycles. The number of carbonyl (C=O) groups excluding carboxylic acids is 1. The van der Waals surface area contributed by atoms with E-state index in [4.69, 9.17) is 14.2 Å². The molecule has 0 atom stereocenters. The van der Waals surface area contributed by atoms with Crippen molar-refractivity contribution in [2.75, 3.05) is 62.6 Å². The molecule has 4 rings (SSSR count). The maximum Gasteiger partial charge on any atom is 0.251 e. The standard InChI is InChI=1S/C29H33N7O5/c1-39-25-13-7-21(8-14-25)26(38)30-15-17-40-19-20-41-18-16-31-27-34-28(32-22-5-3-2-4-6-22)36-29(35-27)33-23-9-11-24(37)12-10-23/h2-14,37H,15-20H2,1H3,(H,30,38)(H3,31,32,33,34,35,36). The molecule has 12 nitrogen and oxygen atoms in total. The molecule has 0 spiro atoms. The first kappa shape index (κ1) is 29.1. The van der Waals surface area contributed by atoms with Crippen LogP contribution < -0.4 is 26.0 Å². The van der Waals surface area contributed by atoms with E-state index in [2.05, 4.69) is 36.2 Å². The molecule has 0 aliphatic carbocycles. The lowest BCUT2D eigenvalue weighted by molar-refractivity contribution is 0.0519. The Morgan fingerprint density at radius 2 is 1.29 bits per heavy atom. The number of nitrogens with zero attached hydrogens (tertiary/aromatic N) is 3. The van der Waals surface area contributed by atoms with Gasteiger partial charge in [-0.15, -0.1) is 0 Å². The molecule has 3 aromatic carbocycles. The van der Waals surface area contributed by atoms with Crippen molar-refractivity contribution in [1.29, 1.82) is 0 Å². The number of amides is 1.